The predicted octanol–water partition coefficient (Wildman–Crippen LogP) is 2.15. The largest absolute Gasteiger partial charge is 0.491 e. The van der Waals surface area contributed by atoms with Crippen molar-refractivity contribution in [2.45, 2.75) is 6.92 Å². The fraction of sp³-hybridized carbons (Fsp3) is 0.455. The van der Waals surface area contributed by atoms with Crippen molar-refractivity contribution in [3.05, 3.63) is 28.2 Å². The first-order valence-electron chi connectivity index (χ1n) is 4.81. The third kappa shape index (κ3) is 4.64. The molecule has 0 radical (unpaired) electrons. The Morgan fingerprint density at radius 2 is 2.07 bits per heavy atom. The van der Waals surface area contributed by atoms with E-state index >= 15 is 0 Å². The Bertz CT molecular complexity index is 302. The molecule has 0 aliphatic rings. The van der Waals surface area contributed by atoms with Gasteiger partial charge in [-0.25, -0.2) is 0 Å². The summed E-state index contributed by atoms with van der Waals surface area (Å²) in [5.41, 5.74) is 1.14. The summed E-state index contributed by atoms with van der Waals surface area (Å²) in [6, 6.07) is 5.83. The first-order valence-corrected chi connectivity index (χ1v) is 5.61. The van der Waals surface area contributed by atoms with Gasteiger partial charge in [-0.1, -0.05) is 15.9 Å². The van der Waals surface area contributed by atoms with Crippen molar-refractivity contribution >= 4 is 15.9 Å². The Labute approximate surface area is 98.1 Å². The Hall–Kier alpha value is -0.580. The first kappa shape index (κ1) is 12.5. The molecule has 0 amide bonds. The van der Waals surface area contributed by atoms with Crippen LogP contribution in [0.15, 0.2) is 22.7 Å². The summed E-state index contributed by atoms with van der Waals surface area (Å²) in [5.74, 6) is 0.836. The van der Waals surface area contributed by atoms with E-state index in [1.54, 1.807) is 0 Å². The number of benzene rings is 1. The second-order valence-corrected chi connectivity index (χ2v) is 3.95. The van der Waals surface area contributed by atoms with E-state index in [1.165, 1.54) is 0 Å². The third-order valence-corrected chi connectivity index (χ3v) is 2.75. The minimum atomic E-state index is 0.0530. The van der Waals surface area contributed by atoms with Crippen LogP contribution in [-0.2, 0) is 4.74 Å². The van der Waals surface area contributed by atoms with Crippen molar-refractivity contribution in [3.8, 4) is 5.75 Å². The van der Waals surface area contributed by atoms with Crippen LogP contribution in [0.25, 0.3) is 0 Å². The lowest BCUT2D eigenvalue weighted by molar-refractivity contribution is 0.0705. The van der Waals surface area contributed by atoms with Gasteiger partial charge in [0, 0.05) is 4.47 Å². The van der Waals surface area contributed by atoms with Crippen LogP contribution in [0.4, 0.5) is 0 Å². The zero-order valence-corrected chi connectivity index (χ0v) is 10.3. The zero-order chi connectivity index (χ0) is 11.1. The molecule has 0 aliphatic heterocycles. The number of rotatable bonds is 6. The highest BCUT2D eigenvalue weighted by atomic mass is 79.9. The van der Waals surface area contributed by atoms with Crippen LogP contribution < -0.4 is 4.74 Å². The van der Waals surface area contributed by atoms with Crippen molar-refractivity contribution in [3.63, 3.8) is 0 Å². The number of aliphatic hydroxyl groups excluding tert-OH is 1. The van der Waals surface area contributed by atoms with Gasteiger partial charge < -0.3 is 14.6 Å². The lowest BCUT2D eigenvalue weighted by Gasteiger charge is -2.07. The highest BCUT2D eigenvalue weighted by molar-refractivity contribution is 9.10. The minimum absolute atomic E-state index is 0.0530. The van der Waals surface area contributed by atoms with Crippen molar-refractivity contribution < 1.29 is 14.6 Å². The second kappa shape index (κ2) is 6.82. The van der Waals surface area contributed by atoms with E-state index in [1.807, 2.05) is 25.1 Å². The Morgan fingerprint density at radius 3 is 2.73 bits per heavy atom. The standard InChI is InChI=1S/C11H15BrO3/c1-9-8-10(2-3-11(9)12)15-7-6-14-5-4-13/h2-3,8,13H,4-7H2,1H3. The molecular weight excluding hydrogens is 260 g/mol. The van der Waals surface area contributed by atoms with E-state index in [0.29, 0.717) is 19.8 Å². The normalized spacial score (nSPS) is 10.3. The summed E-state index contributed by atoms with van der Waals surface area (Å²) < 4.78 is 11.6. The quantitative estimate of drug-likeness (QED) is 0.808. The molecule has 0 saturated heterocycles. The van der Waals surface area contributed by atoms with Crippen molar-refractivity contribution in [1.82, 2.24) is 0 Å². The molecule has 1 aromatic carbocycles. The van der Waals surface area contributed by atoms with Crippen LogP contribution in [0.2, 0.25) is 0 Å². The number of aliphatic hydroxyl groups is 1. The molecule has 3 nitrogen and oxygen atoms in total. The second-order valence-electron chi connectivity index (χ2n) is 3.10. The molecule has 0 atom stereocenters. The maximum atomic E-state index is 8.48. The summed E-state index contributed by atoms with van der Waals surface area (Å²) in [6.07, 6.45) is 0. The Kier molecular flexibility index (Phi) is 5.68. The van der Waals surface area contributed by atoms with Crippen molar-refractivity contribution in [2.24, 2.45) is 0 Å². The van der Waals surface area contributed by atoms with Crippen LogP contribution >= 0.6 is 15.9 Å². The molecule has 0 saturated carbocycles. The fourth-order valence-corrected chi connectivity index (χ4v) is 1.34. The molecule has 0 aliphatic carbocycles. The van der Waals surface area contributed by atoms with Crippen LogP contribution in [-0.4, -0.2) is 31.5 Å². The van der Waals surface area contributed by atoms with Gasteiger partial charge in [0.1, 0.15) is 12.4 Å². The van der Waals surface area contributed by atoms with Gasteiger partial charge in [0.05, 0.1) is 19.8 Å². The molecular formula is C11H15BrO3. The summed E-state index contributed by atoms with van der Waals surface area (Å²) in [4.78, 5) is 0. The molecule has 4 heteroatoms. The van der Waals surface area contributed by atoms with E-state index in [-0.39, 0.29) is 6.61 Å². The van der Waals surface area contributed by atoms with Gasteiger partial charge in [-0.2, -0.15) is 0 Å². The topological polar surface area (TPSA) is 38.7 Å². The van der Waals surface area contributed by atoms with Crippen LogP contribution in [0.1, 0.15) is 5.56 Å². The number of halogens is 1. The van der Waals surface area contributed by atoms with Gasteiger partial charge >= 0.3 is 0 Å². The molecule has 0 fully saturated rings. The monoisotopic (exact) mass is 274 g/mol. The van der Waals surface area contributed by atoms with E-state index < -0.39 is 0 Å². The molecule has 84 valence electrons. The number of ether oxygens (including phenoxy) is 2. The van der Waals surface area contributed by atoms with Gasteiger partial charge in [0.15, 0.2) is 0 Å². The summed E-state index contributed by atoms with van der Waals surface area (Å²) in [6.45, 7) is 3.43. The summed E-state index contributed by atoms with van der Waals surface area (Å²) in [5, 5.41) is 8.48. The Morgan fingerprint density at radius 1 is 1.27 bits per heavy atom. The zero-order valence-electron chi connectivity index (χ0n) is 8.70. The average Bonchev–Trinajstić information content (AvgIpc) is 2.23. The van der Waals surface area contributed by atoms with Crippen molar-refractivity contribution in [2.75, 3.05) is 26.4 Å². The summed E-state index contributed by atoms with van der Waals surface area (Å²) in [7, 11) is 0. The smallest absolute Gasteiger partial charge is 0.119 e. The average molecular weight is 275 g/mol. The highest BCUT2D eigenvalue weighted by Crippen LogP contribution is 2.21. The van der Waals surface area contributed by atoms with Gasteiger partial charge in [0.25, 0.3) is 0 Å². The molecule has 1 rings (SSSR count). The lowest BCUT2D eigenvalue weighted by Crippen LogP contribution is -2.09. The molecule has 0 aromatic heterocycles. The van der Waals surface area contributed by atoms with Gasteiger partial charge in [-0.3, -0.25) is 0 Å². The highest BCUT2D eigenvalue weighted by Gasteiger charge is 1.97. The fourth-order valence-electron chi connectivity index (χ4n) is 1.09. The maximum Gasteiger partial charge on any atom is 0.119 e. The molecule has 0 heterocycles. The van der Waals surface area contributed by atoms with Gasteiger partial charge in [-0.15, -0.1) is 0 Å². The van der Waals surface area contributed by atoms with E-state index in [0.717, 1.165) is 15.8 Å². The van der Waals surface area contributed by atoms with Gasteiger partial charge in [0.2, 0.25) is 0 Å². The summed E-state index contributed by atoms with van der Waals surface area (Å²) >= 11 is 3.42. The number of aryl methyl sites for hydroxylation is 1. The number of hydrogen-bond acceptors (Lipinski definition) is 3. The maximum absolute atomic E-state index is 8.48. The Balaban J connectivity index is 2.28. The van der Waals surface area contributed by atoms with E-state index in [4.69, 9.17) is 14.6 Å². The predicted molar refractivity (Wildman–Crippen MR) is 62.3 cm³/mol. The first-order chi connectivity index (χ1) is 7.24. The van der Waals surface area contributed by atoms with E-state index in [9.17, 15) is 0 Å². The van der Waals surface area contributed by atoms with Crippen LogP contribution in [0, 0.1) is 6.92 Å². The van der Waals surface area contributed by atoms with Crippen LogP contribution in [0.5, 0.6) is 5.75 Å². The van der Waals surface area contributed by atoms with Crippen molar-refractivity contribution in [1.29, 1.82) is 0 Å². The van der Waals surface area contributed by atoms with Gasteiger partial charge in [-0.05, 0) is 30.7 Å². The lowest BCUT2D eigenvalue weighted by atomic mass is 10.2. The molecule has 1 aromatic rings. The molecule has 0 unspecified atom stereocenters. The minimum Gasteiger partial charge on any atom is -0.491 e. The SMILES string of the molecule is Cc1cc(OCCOCCO)ccc1Br. The van der Waals surface area contributed by atoms with E-state index in [2.05, 4.69) is 15.9 Å². The molecule has 0 spiro atoms. The number of hydrogen-bond donors (Lipinski definition) is 1. The molecule has 15 heavy (non-hydrogen) atoms. The van der Waals surface area contributed by atoms with Crippen LogP contribution in [0.3, 0.4) is 0 Å². The third-order valence-electron chi connectivity index (χ3n) is 1.86. The molecule has 1 N–H and O–H groups in total. The molecule has 0 bridgehead atoms.